The van der Waals surface area contributed by atoms with Crippen molar-refractivity contribution in [3.8, 4) is 0 Å². The summed E-state index contributed by atoms with van der Waals surface area (Å²) in [7, 11) is 0. The number of aliphatic carboxylic acids is 2. The van der Waals surface area contributed by atoms with Gasteiger partial charge in [-0.3, -0.25) is 18.8 Å². The minimum absolute atomic E-state index is 0.164. The van der Waals surface area contributed by atoms with Gasteiger partial charge in [0.1, 0.15) is 6.54 Å². The van der Waals surface area contributed by atoms with E-state index in [1.54, 1.807) is 0 Å². The highest BCUT2D eigenvalue weighted by Crippen LogP contribution is 2.13. The smallest absolute Gasteiger partial charge is 0.480 e. The zero-order valence-corrected chi connectivity index (χ0v) is 15.6. The van der Waals surface area contributed by atoms with E-state index >= 15 is 0 Å². The molecule has 0 saturated heterocycles. The molecule has 0 aromatic carbocycles. The Kier molecular flexibility index (Phi) is 8.36. The Morgan fingerprint density at radius 3 is 2.34 bits per heavy atom. The second-order valence-electron chi connectivity index (χ2n) is 5.84. The van der Waals surface area contributed by atoms with Crippen LogP contribution in [0.1, 0.15) is 17.8 Å². The molecule has 13 heteroatoms. The Bertz CT molecular complexity index is 907. The Balaban J connectivity index is 0.000000516. The van der Waals surface area contributed by atoms with Gasteiger partial charge in [0.2, 0.25) is 0 Å². The zero-order valence-electron chi connectivity index (χ0n) is 15.6. The summed E-state index contributed by atoms with van der Waals surface area (Å²) in [4.78, 5) is 35.5. The second kappa shape index (κ2) is 10.2. The van der Waals surface area contributed by atoms with Crippen LogP contribution in [0, 0.1) is 13.8 Å². The van der Waals surface area contributed by atoms with Gasteiger partial charge in [0.25, 0.3) is 5.56 Å². The summed E-state index contributed by atoms with van der Waals surface area (Å²) < 4.78 is 34.8. The third kappa shape index (κ3) is 8.02. The maximum atomic E-state index is 12.0. The minimum Gasteiger partial charge on any atom is -0.480 e. The molecule has 0 fully saturated rings. The molecule has 0 aliphatic heterocycles. The summed E-state index contributed by atoms with van der Waals surface area (Å²) in [6, 6.07) is 2.01. The third-order valence-corrected chi connectivity index (χ3v) is 3.40. The number of aryl methyl sites for hydroxylation is 3. The Labute approximate surface area is 162 Å². The molecule has 0 spiro atoms. The Morgan fingerprint density at radius 1 is 1.24 bits per heavy atom. The van der Waals surface area contributed by atoms with E-state index in [2.05, 4.69) is 15.4 Å². The molecule has 2 rings (SSSR count). The number of carboxylic acid groups (broad SMARTS) is 2. The topological polar surface area (TPSA) is 139 Å². The number of hydrogen-bond donors (Lipinski definition) is 3. The van der Waals surface area contributed by atoms with Gasteiger partial charge in [-0.1, -0.05) is 0 Å². The number of hydrogen-bond acceptors (Lipinski definition) is 6. The lowest BCUT2D eigenvalue weighted by molar-refractivity contribution is -0.192. The van der Waals surface area contributed by atoms with E-state index in [0.717, 1.165) is 28.9 Å². The van der Waals surface area contributed by atoms with Crippen LogP contribution in [-0.2, 0) is 22.7 Å². The highest BCUT2D eigenvalue weighted by Gasteiger charge is 2.38. The molecule has 2 aromatic rings. The summed E-state index contributed by atoms with van der Waals surface area (Å²) in [5, 5.41) is 23.2. The lowest BCUT2D eigenvalue weighted by atomic mass is 10.4. The quantitative estimate of drug-likeness (QED) is 0.570. The number of carbonyl (C=O) groups is 2. The van der Waals surface area contributed by atoms with Crippen molar-refractivity contribution in [3.63, 3.8) is 0 Å². The van der Waals surface area contributed by atoms with Gasteiger partial charge in [0, 0.05) is 31.2 Å². The molecule has 0 amide bonds. The zero-order chi connectivity index (χ0) is 22.2. The lowest BCUT2D eigenvalue weighted by Gasteiger charge is -2.08. The van der Waals surface area contributed by atoms with Crippen LogP contribution in [0.25, 0.3) is 0 Å². The molecule has 2 heterocycles. The average Bonchev–Trinajstić information content (AvgIpc) is 2.91. The number of halogens is 3. The molecular formula is C16H20F3N5O5. The molecule has 0 atom stereocenters. The SMILES string of the molecule is Cc1cc(C)n(CCCNc2nccn(CC(=O)O)c2=O)n1.O=C(O)C(F)(F)F. The van der Waals surface area contributed by atoms with Crippen molar-refractivity contribution in [2.24, 2.45) is 0 Å². The van der Waals surface area contributed by atoms with Crippen LogP contribution in [0.4, 0.5) is 19.0 Å². The van der Waals surface area contributed by atoms with Gasteiger partial charge in [-0.05, 0) is 26.3 Å². The van der Waals surface area contributed by atoms with Crippen molar-refractivity contribution in [1.82, 2.24) is 19.3 Å². The number of rotatable bonds is 7. The largest absolute Gasteiger partial charge is 0.490 e. The van der Waals surface area contributed by atoms with Crippen molar-refractivity contribution in [2.75, 3.05) is 11.9 Å². The fourth-order valence-corrected chi connectivity index (χ4v) is 2.18. The predicted octanol–water partition coefficient (Wildman–Crippen LogP) is 1.28. The van der Waals surface area contributed by atoms with Crippen LogP contribution in [0.15, 0.2) is 23.3 Å². The number of carboxylic acids is 2. The van der Waals surface area contributed by atoms with E-state index in [9.17, 15) is 22.8 Å². The third-order valence-electron chi connectivity index (χ3n) is 3.40. The molecule has 3 N–H and O–H groups in total. The van der Waals surface area contributed by atoms with E-state index in [-0.39, 0.29) is 12.4 Å². The van der Waals surface area contributed by atoms with Crippen LogP contribution in [-0.4, -0.2) is 54.2 Å². The molecule has 2 aromatic heterocycles. The van der Waals surface area contributed by atoms with E-state index in [1.165, 1.54) is 12.4 Å². The van der Waals surface area contributed by atoms with Gasteiger partial charge in [-0.25, -0.2) is 9.78 Å². The Morgan fingerprint density at radius 2 is 1.86 bits per heavy atom. The molecular weight excluding hydrogens is 399 g/mol. The highest BCUT2D eigenvalue weighted by molar-refractivity contribution is 5.73. The molecule has 0 aliphatic carbocycles. The first kappa shape index (κ1) is 23.7. The number of alkyl halides is 3. The maximum Gasteiger partial charge on any atom is 0.490 e. The summed E-state index contributed by atoms with van der Waals surface area (Å²) in [5.41, 5.74) is 1.64. The summed E-state index contributed by atoms with van der Waals surface area (Å²) in [6.07, 6.45) is -1.54. The van der Waals surface area contributed by atoms with Gasteiger partial charge in [0.15, 0.2) is 5.82 Å². The number of anilines is 1. The molecule has 0 unspecified atom stereocenters. The summed E-state index contributed by atoms with van der Waals surface area (Å²) in [5.74, 6) is -3.66. The van der Waals surface area contributed by atoms with Gasteiger partial charge >= 0.3 is 18.1 Å². The lowest BCUT2D eigenvalue weighted by Crippen LogP contribution is -2.27. The van der Waals surface area contributed by atoms with Crippen molar-refractivity contribution in [2.45, 2.75) is 39.5 Å². The number of nitrogens with one attached hydrogen (secondary N) is 1. The van der Waals surface area contributed by atoms with Crippen molar-refractivity contribution in [1.29, 1.82) is 0 Å². The molecule has 10 nitrogen and oxygen atoms in total. The van der Waals surface area contributed by atoms with Gasteiger partial charge in [-0.15, -0.1) is 0 Å². The van der Waals surface area contributed by atoms with Gasteiger partial charge in [-0.2, -0.15) is 18.3 Å². The Hall–Kier alpha value is -3.38. The monoisotopic (exact) mass is 419 g/mol. The minimum atomic E-state index is -5.08. The number of aromatic nitrogens is 4. The van der Waals surface area contributed by atoms with E-state index in [4.69, 9.17) is 15.0 Å². The fourth-order valence-electron chi connectivity index (χ4n) is 2.18. The molecule has 0 saturated carbocycles. The van der Waals surface area contributed by atoms with Crippen molar-refractivity contribution in [3.05, 3.63) is 40.2 Å². The standard InChI is InChI=1S/C14H19N5O3.C2HF3O2/c1-10-8-11(2)19(17-10)6-3-4-15-13-14(22)18(7-5-16-13)9-12(20)21;3-2(4,5)1(6)7/h5,7-8H,3-4,6,9H2,1-2H3,(H,15,16)(H,20,21);(H,6,7). The van der Waals surface area contributed by atoms with Crippen LogP contribution in [0.5, 0.6) is 0 Å². The van der Waals surface area contributed by atoms with Gasteiger partial charge < -0.3 is 15.5 Å². The second-order valence-corrected chi connectivity index (χ2v) is 5.84. The van der Waals surface area contributed by atoms with Crippen LogP contribution < -0.4 is 10.9 Å². The fraction of sp³-hybridized carbons (Fsp3) is 0.438. The van der Waals surface area contributed by atoms with E-state index in [1.807, 2.05) is 24.6 Å². The summed E-state index contributed by atoms with van der Waals surface area (Å²) >= 11 is 0. The predicted molar refractivity (Wildman–Crippen MR) is 94.6 cm³/mol. The molecule has 29 heavy (non-hydrogen) atoms. The molecule has 0 aliphatic rings. The van der Waals surface area contributed by atoms with Crippen molar-refractivity contribution >= 4 is 17.8 Å². The molecule has 0 radical (unpaired) electrons. The first-order valence-electron chi connectivity index (χ1n) is 8.24. The van der Waals surface area contributed by atoms with Crippen LogP contribution in [0.3, 0.4) is 0 Å². The van der Waals surface area contributed by atoms with Crippen LogP contribution >= 0.6 is 0 Å². The van der Waals surface area contributed by atoms with Crippen LogP contribution in [0.2, 0.25) is 0 Å². The summed E-state index contributed by atoms with van der Waals surface area (Å²) in [6.45, 7) is 4.86. The van der Waals surface area contributed by atoms with Crippen molar-refractivity contribution < 1.29 is 33.0 Å². The number of nitrogens with zero attached hydrogens (tertiary/aromatic N) is 4. The average molecular weight is 419 g/mol. The van der Waals surface area contributed by atoms with E-state index in [0.29, 0.717) is 6.54 Å². The van der Waals surface area contributed by atoms with Gasteiger partial charge in [0.05, 0.1) is 5.69 Å². The maximum absolute atomic E-state index is 12.0. The molecule has 0 bridgehead atoms. The first-order valence-corrected chi connectivity index (χ1v) is 8.24. The highest BCUT2D eigenvalue weighted by atomic mass is 19.4. The molecule has 160 valence electrons. The normalized spacial score (nSPS) is 10.8. The van der Waals surface area contributed by atoms with E-state index < -0.39 is 23.7 Å². The first-order chi connectivity index (χ1) is 13.4.